The van der Waals surface area contributed by atoms with E-state index >= 15 is 0 Å². The molecule has 3 nitrogen and oxygen atoms in total. The Morgan fingerprint density at radius 1 is 1.47 bits per heavy atom. The number of hydrogen-bond donors (Lipinski definition) is 2. The Hall–Kier alpha value is -1.47. The van der Waals surface area contributed by atoms with Crippen LogP contribution >= 0.6 is 15.9 Å². The van der Waals surface area contributed by atoms with E-state index in [9.17, 15) is 4.79 Å². The minimum absolute atomic E-state index is 0.143. The standard InChI is InChI=1S/C13H15BrN2O/c1-2-3-4-5-8-16-13(17)11-7-6-10(14)9-12(11)15/h1,6-7,9H,3-5,8,15H2,(H,16,17). The molecule has 0 bridgehead atoms. The van der Waals surface area contributed by atoms with Gasteiger partial charge < -0.3 is 11.1 Å². The number of nitrogens with two attached hydrogens (primary N) is 1. The van der Waals surface area contributed by atoms with Crippen LogP contribution in [0.3, 0.4) is 0 Å². The Balaban J connectivity index is 2.45. The Kier molecular flexibility index (Phi) is 5.58. The molecular weight excluding hydrogens is 280 g/mol. The van der Waals surface area contributed by atoms with Crippen LogP contribution in [0.4, 0.5) is 5.69 Å². The van der Waals surface area contributed by atoms with Crippen molar-refractivity contribution in [1.82, 2.24) is 5.32 Å². The molecule has 0 atom stereocenters. The third kappa shape index (κ3) is 4.49. The maximum atomic E-state index is 11.8. The van der Waals surface area contributed by atoms with Crippen molar-refractivity contribution in [2.45, 2.75) is 19.3 Å². The molecule has 0 radical (unpaired) electrons. The monoisotopic (exact) mass is 294 g/mol. The fourth-order valence-electron chi connectivity index (χ4n) is 1.39. The second-order valence-electron chi connectivity index (χ2n) is 3.65. The minimum atomic E-state index is -0.143. The van der Waals surface area contributed by atoms with Gasteiger partial charge in [0.1, 0.15) is 0 Å². The molecule has 1 amide bonds. The summed E-state index contributed by atoms with van der Waals surface area (Å²) in [5.74, 6) is 2.42. The van der Waals surface area contributed by atoms with Crippen molar-refractivity contribution in [2.24, 2.45) is 0 Å². The van der Waals surface area contributed by atoms with Gasteiger partial charge in [-0.3, -0.25) is 4.79 Å². The maximum Gasteiger partial charge on any atom is 0.253 e. The fraction of sp³-hybridized carbons (Fsp3) is 0.308. The van der Waals surface area contributed by atoms with Gasteiger partial charge in [0.05, 0.1) is 5.56 Å². The van der Waals surface area contributed by atoms with Crippen LogP contribution in [0.1, 0.15) is 29.6 Å². The van der Waals surface area contributed by atoms with Gasteiger partial charge in [-0.2, -0.15) is 0 Å². The predicted molar refractivity (Wildman–Crippen MR) is 73.6 cm³/mol. The third-order valence-electron chi connectivity index (χ3n) is 2.29. The van der Waals surface area contributed by atoms with Crippen molar-refractivity contribution < 1.29 is 4.79 Å². The zero-order valence-electron chi connectivity index (χ0n) is 9.50. The van der Waals surface area contributed by atoms with Crippen LogP contribution in [0.15, 0.2) is 22.7 Å². The summed E-state index contributed by atoms with van der Waals surface area (Å²) in [5, 5.41) is 2.82. The summed E-state index contributed by atoms with van der Waals surface area (Å²) >= 11 is 3.30. The van der Waals surface area contributed by atoms with Crippen molar-refractivity contribution in [3.05, 3.63) is 28.2 Å². The third-order valence-corrected chi connectivity index (χ3v) is 2.78. The average Bonchev–Trinajstić information content (AvgIpc) is 2.28. The van der Waals surface area contributed by atoms with Gasteiger partial charge >= 0.3 is 0 Å². The first-order chi connectivity index (χ1) is 8.15. The van der Waals surface area contributed by atoms with Crippen molar-refractivity contribution >= 4 is 27.5 Å². The Labute approximate surface area is 110 Å². The van der Waals surface area contributed by atoms with E-state index in [1.165, 1.54) is 0 Å². The van der Waals surface area contributed by atoms with Crippen molar-refractivity contribution in [3.63, 3.8) is 0 Å². The number of nitrogens with one attached hydrogen (secondary N) is 1. The van der Waals surface area contributed by atoms with E-state index in [0.717, 1.165) is 23.7 Å². The van der Waals surface area contributed by atoms with Gasteiger partial charge in [-0.25, -0.2) is 0 Å². The first-order valence-corrected chi connectivity index (χ1v) is 6.21. The van der Waals surface area contributed by atoms with E-state index in [1.54, 1.807) is 18.2 Å². The van der Waals surface area contributed by atoms with Gasteiger partial charge in [-0.05, 0) is 31.0 Å². The largest absolute Gasteiger partial charge is 0.398 e. The van der Waals surface area contributed by atoms with Crippen molar-refractivity contribution in [2.75, 3.05) is 12.3 Å². The second-order valence-corrected chi connectivity index (χ2v) is 4.56. The van der Waals surface area contributed by atoms with Gasteiger partial charge in [-0.1, -0.05) is 15.9 Å². The predicted octanol–water partition coefficient (Wildman–Crippen LogP) is 2.56. The van der Waals surface area contributed by atoms with E-state index in [4.69, 9.17) is 12.2 Å². The Morgan fingerprint density at radius 2 is 2.24 bits per heavy atom. The summed E-state index contributed by atoms with van der Waals surface area (Å²) in [6.45, 7) is 0.621. The summed E-state index contributed by atoms with van der Waals surface area (Å²) in [4.78, 5) is 11.8. The van der Waals surface area contributed by atoms with Gasteiger partial charge in [0, 0.05) is 23.1 Å². The normalized spacial score (nSPS) is 9.65. The van der Waals surface area contributed by atoms with E-state index < -0.39 is 0 Å². The number of unbranched alkanes of at least 4 members (excludes halogenated alkanes) is 2. The molecule has 0 saturated carbocycles. The Bertz CT molecular complexity index is 438. The number of rotatable bonds is 5. The minimum Gasteiger partial charge on any atom is -0.398 e. The Morgan fingerprint density at radius 3 is 2.88 bits per heavy atom. The van der Waals surface area contributed by atoms with E-state index in [2.05, 4.69) is 27.2 Å². The molecule has 0 aliphatic carbocycles. The highest BCUT2D eigenvalue weighted by Gasteiger charge is 2.08. The highest BCUT2D eigenvalue weighted by Crippen LogP contribution is 2.18. The fourth-order valence-corrected chi connectivity index (χ4v) is 1.77. The number of benzene rings is 1. The van der Waals surface area contributed by atoms with Crippen LogP contribution < -0.4 is 11.1 Å². The molecule has 17 heavy (non-hydrogen) atoms. The lowest BCUT2D eigenvalue weighted by atomic mass is 10.1. The SMILES string of the molecule is C#CCCCCNC(=O)c1ccc(Br)cc1N. The molecule has 0 aliphatic rings. The smallest absolute Gasteiger partial charge is 0.253 e. The zero-order valence-corrected chi connectivity index (χ0v) is 11.1. The maximum absolute atomic E-state index is 11.8. The van der Waals surface area contributed by atoms with Crippen molar-refractivity contribution in [3.8, 4) is 12.3 Å². The van der Waals surface area contributed by atoms with Gasteiger partial charge in [-0.15, -0.1) is 12.3 Å². The molecule has 90 valence electrons. The van der Waals surface area contributed by atoms with Gasteiger partial charge in [0.15, 0.2) is 0 Å². The molecular formula is C13H15BrN2O. The lowest BCUT2D eigenvalue weighted by Gasteiger charge is -2.07. The number of carbonyl (C=O) groups excluding carboxylic acids is 1. The number of anilines is 1. The average molecular weight is 295 g/mol. The van der Waals surface area contributed by atoms with Crippen LogP contribution in [0.25, 0.3) is 0 Å². The van der Waals surface area contributed by atoms with Crippen LogP contribution in [-0.4, -0.2) is 12.5 Å². The summed E-state index contributed by atoms with van der Waals surface area (Å²) in [5.41, 5.74) is 6.73. The molecule has 0 aromatic heterocycles. The number of hydrogen-bond acceptors (Lipinski definition) is 2. The van der Waals surface area contributed by atoms with E-state index in [1.807, 2.05) is 0 Å². The summed E-state index contributed by atoms with van der Waals surface area (Å²) in [7, 11) is 0. The first kappa shape index (κ1) is 13.6. The quantitative estimate of drug-likeness (QED) is 0.498. The molecule has 0 aliphatic heterocycles. The molecule has 1 aromatic rings. The van der Waals surface area contributed by atoms with Gasteiger partial charge in [0.25, 0.3) is 5.91 Å². The highest BCUT2D eigenvalue weighted by atomic mass is 79.9. The molecule has 3 N–H and O–H groups in total. The molecule has 1 aromatic carbocycles. The molecule has 4 heteroatoms. The summed E-state index contributed by atoms with van der Waals surface area (Å²) < 4.78 is 0.862. The molecule has 0 spiro atoms. The number of terminal acetylenes is 1. The highest BCUT2D eigenvalue weighted by molar-refractivity contribution is 9.10. The van der Waals surface area contributed by atoms with Crippen LogP contribution in [0, 0.1) is 12.3 Å². The van der Waals surface area contributed by atoms with E-state index in [-0.39, 0.29) is 5.91 Å². The number of halogens is 1. The molecule has 0 fully saturated rings. The number of carbonyl (C=O) groups is 1. The second kappa shape index (κ2) is 6.97. The lowest BCUT2D eigenvalue weighted by Crippen LogP contribution is -2.25. The molecule has 0 saturated heterocycles. The topological polar surface area (TPSA) is 55.1 Å². The van der Waals surface area contributed by atoms with E-state index in [0.29, 0.717) is 17.8 Å². The van der Waals surface area contributed by atoms with Crippen LogP contribution in [0.2, 0.25) is 0 Å². The summed E-state index contributed by atoms with van der Waals surface area (Å²) in [6, 6.07) is 5.22. The molecule has 0 unspecified atom stereocenters. The zero-order chi connectivity index (χ0) is 12.7. The van der Waals surface area contributed by atoms with Crippen LogP contribution in [0.5, 0.6) is 0 Å². The molecule has 0 heterocycles. The number of nitrogen functional groups attached to an aromatic ring is 1. The molecule has 1 rings (SSSR count). The number of amides is 1. The summed E-state index contributed by atoms with van der Waals surface area (Å²) in [6.07, 6.45) is 7.69. The van der Waals surface area contributed by atoms with Crippen molar-refractivity contribution in [1.29, 1.82) is 0 Å². The van der Waals surface area contributed by atoms with Crippen LogP contribution in [-0.2, 0) is 0 Å². The lowest BCUT2D eigenvalue weighted by molar-refractivity contribution is 0.0954. The van der Waals surface area contributed by atoms with Gasteiger partial charge in [0.2, 0.25) is 0 Å². The first-order valence-electron chi connectivity index (χ1n) is 5.42.